The summed E-state index contributed by atoms with van der Waals surface area (Å²) >= 11 is 0. The molecule has 0 heterocycles. The van der Waals surface area contributed by atoms with Crippen LogP contribution in [0.1, 0.15) is 82.3 Å². The molecule has 2 rings (SSSR count). The van der Waals surface area contributed by atoms with Crippen LogP contribution in [0.5, 0.6) is 17.2 Å². The molecule has 1 radical (unpaired) electrons. The number of benzene rings is 2. The van der Waals surface area contributed by atoms with E-state index in [0.717, 1.165) is 6.42 Å². The summed E-state index contributed by atoms with van der Waals surface area (Å²) < 4.78 is 101. The molecule has 0 aliphatic carbocycles. The molecule has 0 aliphatic rings. The molecule has 0 spiro atoms. The van der Waals surface area contributed by atoms with Crippen molar-refractivity contribution in [2.75, 3.05) is 19.8 Å². The Morgan fingerprint density at radius 1 is 0.714 bits per heavy atom. The largest absolute Gasteiger partial charge is 0.493 e. The molecule has 1 atom stereocenters. The van der Waals surface area contributed by atoms with Gasteiger partial charge in [-0.15, -0.1) is 0 Å². The van der Waals surface area contributed by atoms with Crippen LogP contribution >= 0.6 is 8.58 Å². The molecule has 2 aromatic carbocycles. The zero-order chi connectivity index (χ0) is 31.0. The smallest absolute Gasteiger partial charge is 0.417 e. The van der Waals surface area contributed by atoms with Gasteiger partial charge in [0.25, 0.3) is 0 Å². The molecule has 0 amide bonds. The second-order valence-corrected chi connectivity index (χ2v) is 12.3. The maximum Gasteiger partial charge on any atom is 0.417 e. The number of halogens is 6. The minimum Gasteiger partial charge on any atom is -0.493 e. The predicted molar refractivity (Wildman–Crippen MR) is 156 cm³/mol. The number of carbonyl (C=O) groups is 1. The van der Waals surface area contributed by atoms with Crippen molar-refractivity contribution in [1.82, 2.24) is 0 Å². The second kappa shape index (κ2) is 16.8. The van der Waals surface area contributed by atoms with Gasteiger partial charge in [0, 0.05) is 36.6 Å². The minimum atomic E-state index is -5.17. The van der Waals surface area contributed by atoms with E-state index in [0.29, 0.717) is 49.3 Å². The van der Waals surface area contributed by atoms with E-state index in [1.165, 1.54) is 12.1 Å². The maximum atomic E-state index is 13.8. The van der Waals surface area contributed by atoms with Gasteiger partial charge in [-0.25, -0.2) is 0 Å². The van der Waals surface area contributed by atoms with Gasteiger partial charge in [0.1, 0.15) is 17.2 Å². The van der Waals surface area contributed by atoms with Crippen LogP contribution in [0.15, 0.2) is 30.3 Å². The molecule has 4 nitrogen and oxygen atoms in total. The molecule has 0 saturated carbocycles. The Morgan fingerprint density at radius 3 is 1.45 bits per heavy atom. The molecule has 0 fully saturated rings. The number of alkyl halides is 6. The monoisotopic (exact) mass is 615 g/mol. The van der Waals surface area contributed by atoms with E-state index in [9.17, 15) is 31.1 Å². The van der Waals surface area contributed by atoms with Gasteiger partial charge in [-0.05, 0) is 57.7 Å². The number of rotatable bonds is 15. The van der Waals surface area contributed by atoms with Crippen LogP contribution in [0.25, 0.3) is 0 Å². The molecular weight excluding hydrogens is 576 g/mol. The van der Waals surface area contributed by atoms with Gasteiger partial charge < -0.3 is 14.2 Å². The Hall–Kier alpha value is -1.88. The first kappa shape index (κ1) is 38.1. The average molecular weight is 616 g/mol. The normalized spacial score (nSPS) is 12.4. The summed E-state index contributed by atoms with van der Waals surface area (Å²) in [6.45, 7) is 12.8. The first-order chi connectivity index (χ1) is 19.0. The molecule has 2 aromatic rings. The molecule has 0 aromatic heterocycles. The van der Waals surface area contributed by atoms with Gasteiger partial charge in [0.05, 0.1) is 36.3 Å². The zero-order valence-electron chi connectivity index (χ0n) is 25.3. The zero-order valence-corrected chi connectivity index (χ0v) is 26.3. The van der Waals surface area contributed by atoms with Crippen molar-refractivity contribution in [1.29, 1.82) is 0 Å². The fraction of sp³-hybridized carbons (Fsp3) is 0.567. The third kappa shape index (κ3) is 12.0. The van der Waals surface area contributed by atoms with Crippen LogP contribution in [0.4, 0.5) is 26.3 Å². The van der Waals surface area contributed by atoms with Crippen molar-refractivity contribution in [3.8, 4) is 17.2 Å². The summed E-state index contributed by atoms with van der Waals surface area (Å²) in [6.07, 6.45) is -8.32. The standard InChI is InChI=1S/C30H39F6O4P.Li/c1-18(2)10-13-38-21-16-24(39-14-11-19(3)4)27(25(17-21)40-15-12-20(5)6)41-28(37)26-22(29(31,32)33)8-7-9-23(26)30(34,35)36;/h7-9,16-20,41H,10-15H2,1-6H3;. The van der Waals surface area contributed by atoms with Gasteiger partial charge >= 0.3 is 12.4 Å². The first-order valence-corrected chi connectivity index (χ1v) is 14.7. The summed E-state index contributed by atoms with van der Waals surface area (Å²) in [5, 5.41) is 0.101. The molecule has 0 aliphatic heterocycles. The second-order valence-electron chi connectivity index (χ2n) is 11.1. The maximum absolute atomic E-state index is 13.8. The van der Waals surface area contributed by atoms with E-state index in [1.807, 2.05) is 41.5 Å². The van der Waals surface area contributed by atoms with Crippen LogP contribution in [-0.2, 0) is 12.4 Å². The third-order valence-electron chi connectivity index (χ3n) is 6.05. The number of carbonyl (C=O) groups excluding carboxylic acids is 1. The molecular formula is C30H39F6LiO4P. The van der Waals surface area contributed by atoms with Crippen molar-refractivity contribution < 1.29 is 45.3 Å². The van der Waals surface area contributed by atoms with E-state index in [4.69, 9.17) is 14.2 Å². The summed E-state index contributed by atoms with van der Waals surface area (Å²) in [6, 6.07) is 4.66. The van der Waals surface area contributed by atoms with Crippen LogP contribution in [0.3, 0.4) is 0 Å². The van der Waals surface area contributed by atoms with Gasteiger partial charge in [0.15, 0.2) is 5.52 Å². The summed E-state index contributed by atoms with van der Waals surface area (Å²) in [7, 11) is -1.13. The first-order valence-electron chi connectivity index (χ1n) is 13.7. The number of hydrogen-bond donors (Lipinski definition) is 0. The fourth-order valence-electron chi connectivity index (χ4n) is 3.67. The Morgan fingerprint density at radius 2 is 1.10 bits per heavy atom. The Labute approximate surface area is 258 Å². The average Bonchev–Trinajstić information content (AvgIpc) is 2.83. The van der Waals surface area contributed by atoms with Crippen molar-refractivity contribution in [2.45, 2.75) is 73.2 Å². The predicted octanol–water partition coefficient (Wildman–Crippen LogP) is 8.76. The van der Waals surface area contributed by atoms with Gasteiger partial charge in [0.2, 0.25) is 0 Å². The molecule has 0 saturated heterocycles. The minimum absolute atomic E-state index is 0. The number of hydrogen-bond acceptors (Lipinski definition) is 4. The van der Waals surface area contributed by atoms with Crippen LogP contribution in [0.2, 0.25) is 0 Å². The quantitative estimate of drug-likeness (QED) is 0.114. The molecule has 42 heavy (non-hydrogen) atoms. The van der Waals surface area contributed by atoms with Gasteiger partial charge in [-0.2, -0.15) is 26.3 Å². The van der Waals surface area contributed by atoms with Gasteiger partial charge in [-0.3, -0.25) is 4.79 Å². The Balaban J connectivity index is 0.00000882. The van der Waals surface area contributed by atoms with E-state index < -0.39 is 43.1 Å². The third-order valence-corrected chi connectivity index (χ3v) is 7.27. The summed E-state index contributed by atoms with van der Waals surface area (Å²) in [4.78, 5) is 13.4. The van der Waals surface area contributed by atoms with Gasteiger partial charge in [-0.1, -0.05) is 47.6 Å². The van der Waals surface area contributed by atoms with Crippen molar-refractivity contribution in [3.05, 3.63) is 47.0 Å². The SMILES string of the molecule is CC(C)CCOc1cc(OCCC(C)C)c(PC(=O)c2c(C(F)(F)F)cccc2C(F)(F)F)c(OCCC(C)C)c1.[Li]. The van der Waals surface area contributed by atoms with Crippen LogP contribution < -0.4 is 19.5 Å². The Kier molecular flexibility index (Phi) is 15.3. The molecule has 1 unspecified atom stereocenters. The molecule has 0 N–H and O–H groups in total. The summed E-state index contributed by atoms with van der Waals surface area (Å²) in [5.41, 5.74) is -6.00. The Bertz CT molecular complexity index is 1080. The van der Waals surface area contributed by atoms with Crippen molar-refractivity contribution in [3.63, 3.8) is 0 Å². The van der Waals surface area contributed by atoms with Crippen molar-refractivity contribution in [2.24, 2.45) is 17.8 Å². The van der Waals surface area contributed by atoms with Crippen LogP contribution in [0, 0.1) is 17.8 Å². The summed E-state index contributed by atoms with van der Waals surface area (Å²) in [5.74, 6) is 1.55. The topological polar surface area (TPSA) is 44.8 Å². The van der Waals surface area contributed by atoms with E-state index in [-0.39, 0.29) is 60.7 Å². The molecule has 231 valence electrons. The van der Waals surface area contributed by atoms with E-state index in [2.05, 4.69) is 0 Å². The van der Waals surface area contributed by atoms with E-state index >= 15 is 0 Å². The number of ether oxygens (including phenoxy) is 3. The van der Waals surface area contributed by atoms with E-state index in [1.54, 1.807) is 0 Å². The molecule has 0 bridgehead atoms. The fourth-order valence-corrected chi connectivity index (χ4v) is 4.82. The van der Waals surface area contributed by atoms with Crippen molar-refractivity contribution >= 4 is 38.3 Å². The molecule has 12 heteroatoms. The van der Waals surface area contributed by atoms with Crippen LogP contribution in [-0.4, -0.2) is 44.2 Å².